The molecule has 5 nitrogen and oxygen atoms in total. The van der Waals surface area contributed by atoms with Gasteiger partial charge in [-0.1, -0.05) is 11.3 Å². The molecule has 6 heteroatoms. The Morgan fingerprint density at radius 1 is 1.60 bits per heavy atom. The Morgan fingerprint density at radius 3 is 2.73 bits per heavy atom. The van der Waals surface area contributed by atoms with Crippen molar-refractivity contribution in [2.24, 2.45) is 0 Å². The third kappa shape index (κ3) is 4.24. The molecule has 0 spiro atoms. The number of aromatic nitrogens is 2. The molecule has 1 radical (unpaired) electrons. The highest BCUT2D eigenvalue weighted by atomic mass is 32.1. The predicted molar refractivity (Wildman–Crippen MR) is 56.4 cm³/mol. The highest BCUT2D eigenvalue weighted by Crippen LogP contribution is 2.11. The van der Waals surface area contributed by atoms with Crippen LogP contribution in [0.15, 0.2) is 0 Å². The number of rotatable bonds is 2. The fourth-order valence-corrected chi connectivity index (χ4v) is 1.37. The minimum Gasteiger partial charge on any atom is -0.444 e. The third-order valence-electron chi connectivity index (χ3n) is 1.44. The monoisotopic (exact) mass is 228 g/mol. The number of ether oxygens (including phenoxy) is 1. The second-order valence-corrected chi connectivity index (χ2v) is 4.98. The summed E-state index contributed by atoms with van der Waals surface area (Å²) in [5.74, 6) is 0. The number of hydrogen-bond donors (Lipinski definition) is 0. The predicted octanol–water partition coefficient (Wildman–Crippen LogP) is 1.71. The second-order valence-electron chi connectivity index (χ2n) is 4.12. The number of carbonyl (C=O) groups is 1. The van der Waals surface area contributed by atoms with E-state index >= 15 is 0 Å². The van der Waals surface area contributed by atoms with E-state index in [9.17, 15) is 4.79 Å². The van der Waals surface area contributed by atoms with E-state index in [0.29, 0.717) is 6.54 Å². The maximum Gasteiger partial charge on any atom is 0.410 e. The Hall–Kier alpha value is -1.17. The molecule has 1 amide bonds. The van der Waals surface area contributed by atoms with Gasteiger partial charge in [0.1, 0.15) is 10.6 Å². The molecule has 83 valence electrons. The lowest BCUT2D eigenvalue weighted by Crippen LogP contribution is -2.33. The van der Waals surface area contributed by atoms with Crippen LogP contribution in [0.2, 0.25) is 0 Å². The molecule has 1 aromatic heterocycles. The van der Waals surface area contributed by atoms with Gasteiger partial charge in [0.25, 0.3) is 0 Å². The molecule has 0 fully saturated rings. The SMILES string of the molecule is CN(Cc1nn[c]s1)C(=O)OC(C)(C)C. The van der Waals surface area contributed by atoms with Gasteiger partial charge < -0.3 is 9.64 Å². The van der Waals surface area contributed by atoms with Crippen LogP contribution in [0.1, 0.15) is 25.8 Å². The Kier molecular flexibility index (Phi) is 3.62. The average Bonchev–Trinajstić information content (AvgIpc) is 2.53. The summed E-state index contributed by atoms with van der Waals surface area (Å²) in [4.78, 5) is 13.0. The lowest BCUT2D eigenvalue weighted by atomic mass is 10.2. The Balaban J connectivity index is 2.47. The minimum absolute atomic E-state index is 0.363. The molecule has 0 N–H and O–H groups in total. The molecule has 0 atom stereocenters. The molecule has 1 aromatic rings. The molecular weight excluding hydrogens is 214 g/mol. The zero-order valence-corrected chi connectivity index (χ0v) is 10.1. The van der Waals surface area contributed by atoms with Crippen LogP contribution in [0.25, 0.3) is 0 Å². The fourth-order valence-electron chi connectivity index (χ4n) is 0.841. The Labute approximate surface area is 93.1 Å². The zero-order valence-electron chi connectivity index (χ0n) is 9.27. The molecule has 0 saturated carbocycles. The summed E-state index contributed by atoms with van der Waals surface area (Å²) in [6.07, 6.45) is -0.363. The minimum atomic E-state index is -0.474. The first-order valence-corrected chi connectivity index (χ1v) is 5.32. The Morgan fingerprint density at radius 2 is 2.27 bits per heavy atom. The third-order valence-corrected chi connectivity index (χ3v) is 2.06. The van der Waals surface area contributed by atoms with Crippen molar-refractivity contribution in [1.82, 2.24) is 15.1 Å². The van der Waals surface area contributed by atoms with Gasteiger partial charge in [-0.2, -0.15) is 0 Å². The van der Waals surface area contributed by atoms with E-state index in [2.05, 4.69) is 15.7 Å². The van der Waals surface area contributed by atoms with Crippen molar-refractivity contribution >= 4 is 17.4 Å². The average molecular weight is 228 g/mol. The van der Waals surface area contributed by atoms with Gasteiger partial charge in [0, 0.05) is 7.05 Å². The Bertz CT molecular complexity index is 319. The summed E-state index contributed by atoms with van der Waals surface area (Å²) < 4.78 is 5.18. The van der Waals surface area contributed by atoms with Crippen molar-refractivity contribution in [1.29, 1.82) is 0 Å². The van der Waals surface area contributed by atoms with E-state index in [1.807, 2.05) is 20.8 Å². The van der Waals surface area contributed by atoms with Crippen LogP contribution in [0.4, 0.5) is 4.79 Å². The maximum atomic E-state index is 11.5. The first-order valence-electron chi connectivity index (χ1n) is 4.51. The van der Waals surface area contributed by atoms with Crippen LogP contribution in [0.3, 0.4) is 0 Å². The van der Waals surface area contributed by atoms with Gasteiger partial charge >= 0.3 is 6.09 Å². The quantitative estimate of drug-likeness (QED) is 0.773. The molecule has 1 heterocycles. The highest BCUT2D eigenvalue weighted by molar-refractivity contribution is 7.08. The zero-order chi connectivity index (χ0) is 11.5. The van der Waals surface area contributed by atoms with Crippen molar-refractivity contribution in [3.8, 4) is 0 Å². The summed E-state index contributed by atoms with van der Waals surface area (Å²) in [5.41, 5.74) is 2.15. The lowest BCUT2D eigenvalue weighted by molar-refractivity contribution is 0.0285. The van der Waals surface area contributed by atoms with Gasteiger partial charge in [0.15, 0.2) is 5.51 Å². The van der Waals surface area contributed by atoms with Crippen molar-refractivity contribution in [3.63, 3.8) is 0 Å². The van der Waals surface area contributed by atoms with Crippen LogP contribution in [0.5, 0.6) is 0 Å². The van der Waals surface area contributed by atoms with E-state index in [-0.39, 0.29) is 6.09 Å². The largest absolute Gasteiger partial charge is 0.444 e. The molecule has 15 heavy (non-hydrogen) atoms. The summed E-state index contributed by atoms with van der Waals surface area (Å²) in [6.45, 7) is 5.89. The maximum absolute atomic E-state index is 11.5. The fraction of sp³-hybridized carbons (Fsp3) is 0.667. The lowest BCUT2D eigenvalue weighted by Gasteiger charge is -2.23. The van der Waals surface area contributed by atoms with Crippen molar-refractivity contribution in [2.75, 3.05) is 7.05 Å². The first kappa shape index (κ1) is 11.9. The molecule has 0 bridgehead atoms. The van der Waals surface area contributed by atoms with Crippen LogP contribution < -0.4 is 0 Å². The number of amides is 1. The van der Waals surface area contributed by atoms with Crippen LogP contribution in [-0.4, -0.2) is 33.8 Å². The topological polar surface area (TPSA) is 55.3 Å². The van der Waals surface area contributed by atoms with E-state index in [1.54, 1.807) is 7.05 Å². The summed E-state index contributed by atoms with van der Waals surface area (Å²) >= 11 is 1.29. The molecule has 0 aliphatic carbocycles. The molecule has 0 aromatic carbocycles. The second kappa shape index (κ2) is 4.57. The standard InChI is InChI=1S/C9H14N3O2S/c1-9(2,3)14-8(13)12(4)5-7-11-10-6-15-7/h5H2,1-4H3. The summed E-state index contributed by atoms with van der Waals surface area (Å²) in [5, 5.41) is 8.11. The molecule has 1 rings (SSSR count). The first-order chi connectivity index (χ1) is 6.88. The van der Waals surface area contributed by atoms with Gasteiger partial charge in [-0.3, -0.25) is 0 Å². The van der Waals surface area contributed by atoms with Gasteiger partial charge in [-0.15, -0.1) is 10.2 Å². The van der Waals surface area contributed by atoms with Crippen LogP contribution in [-0.2, 0) is 11.3 Å². The molecule has 0 unspecified atom stereocenters. The van der Waals surface area contributed by atoms with Crippen LogP contribution in [0, 0.1) is 5.51 Å². The summed E-state index contributed by atoms with van der Waals surface area (Å²) in [6, 6.07) is 0. The molecule has 0 saturated heterocycles. The van der Waals surface area contributed by atoms with E-state index in [1.165, 1.54) is 16.2 Å². The van der Waals surface area contributed by atoms with E-state index < -0.39 is 5.60 Å². The van der Waals surface area contributed by atoms with Crippen molar-refractivity contribution < 1.29 is 9.53 Å². The normalized spacial score (nSPS) is 11.2. The van der Waals surface area contributed by atoms with Gasteiger partial charge in [-0.05, 0) is 20.8 Å². The molecular formula is C9H14N3O2S. The number of nitrogens with zero attached hydrogens (tertiary/aromatic N) is 3. The van der Waals surface area contributed by atoms with E-state index in [0.717, 1.165) is 5.01 Å². The van der Waals surface area contributed by atoms with Gasteiger partial charge in [0.2, 0.25) is 0 Å². The molecule has 0 aliphatic rings. The van der Waals surface area contributed by atoms with Gasteiger partial charge in [0.05, 0.1) is 6.54 Å². The van der Waals surface area contributed by atoms with Crippen molar-refractivity contribution in [3.05, 3.63) is 10.5 Å². The smallest absolute Gasteiger partial charge is 0.410 e. The molecule has 0 aliphatic heterocycles. The van der Waals surface area contributed by atoms with Gasteiger partial charge in [-0.25, -0.2) is 4.79 Å². The number of carbonyl (C=O) groups excluding carboxylic acids is 1. The van der Waals surface area contributed by atoms with E-state index in [4.69, 9.17) is 4.74 Å². The summed E-state index contributed by atoms with van der Waals surface area (Å²) in [7, 11) is 1.66. The van der Waals surface area contributed by atoms with Crippen LogP contribution >= 0.6 is 11.3 Å². The van der Waals surface area contributed by atoms with Crippen molar-refractivity contribution in [2.45, 2.75) is 32.9 Å². The number of hydrogen-bond acceptors (Lipinski definition) is 5. The highest BCUT2D eigenvalue weighted by Gasteiger charge is 2.20.